The molecule has 610 valence electrons. The van der Waals surface area contributed by atoms with Gasteiger partial charge in [0, 0.05) is 88.4 Å². The Bertz CT molecular complexity index is 3220. The Balaban J connectivity index is 1.34. The number of hydrogen-bond donors (Lipinski definition) is 3. The van der Waals surface area contributed by atoms with Gasteiger partial charge in [0.1, 0.15) is 53.9 Å². The van der Waals surface area contributed by atoms with Crippen LogP contribution in [0.1, 0.15) is 189 Å². The molecule has 0 radical (unpaired) electrons. The maximum atomic E-state index is 15.9. The van der Waals surface area contributed by atoms with Crippen molar-refractivity contribution in [1.29, 1.82) is 0 Å². The maximum Gasteiger partial charge on any atom is 0.391 e. The first-order valence-corrected chi connectivity index (χ1v) is 40.0. The number of nitrogens with one attached hydrogen (secondary N) is 3. The normalized spacial score (nSPS) is 31.6. The van der Waals surface area contributed by atoms with Crippen LogP contribution in [0, 0.1) is 35.0 Å². The Morgan fingerprint density at radius 2 is 1.29 bits per heavy atom. The minimum Gasteiger partial charge on any atom is -0.382 e. The Labute approximate surface area is 647 Å². The molecule has 3 N–H and O–H groups in total. The van der Waals surface area contributed by atoms with Crippen molar-refractivity contribution in [2.45, 2.75) is 272 Å². The van der Waals surface area contributed by atoms with Gasteiger partial charge in [0.2, 0.25) is 70.9 Å². The van der Waals surface area contributed by atoms with Gasteiger partial charge in [-0.3, -0.25) is 57.5 Å². The molecule has 7 aliphatic rings. The van der Waals surface area contributed by atoms with Gasteiger partial charge in [-0.25, -0.2) is 0 Å². The second-order valence-electron chi connectivity index (χ2n) is 33.0. The quantitative estimate of drug-likeness (QED) is 0.116. The van der Waals surface area contributed by atoms with Crippen molar-refractivity contribution in [3.05, 3.63) is 12.2 Å². The average molecular weight is 1570 g/mol. The monoisotopic (exact) mass is 1570 g/mol. The van der Waals surface area contributed by atoms with E-state index in [0.717, 1.165) is 45.3 Å². The highest BCUT2D eigenvalue weighted by molar-refractivity contribution is 6.30. The molecule has 3 aliphatic heterocycles. The van der Waals surface area contributed by atoms with Gasteiger partial charge in [0.15, 0.2) is 0 Å². The average Bonchev–Trinajstić information content (AvgIpc) is 0.921. The molecule has 0 aromatic rings. The summed E-state index contributed by atoms with van der Waals surface area (Å²) in [5.41, 5.74) is -2.18. The van der Waals surface area contributed by atoms with E-state index in [1.165, 1.54) is 88.0 Å². The lowest BCUT2D eigenvalue weighted by atomic mass is 9.58. The molecule has 0 aromatic carbocycles. The number of hydrogen-bond acceptors (Lipinski definition) is 14. The fourth-order valence-corrected chi connectivity index (χ4v) is 18.2. The third-order valence-electron chi connectivity index (χ3n) is 24.4. The molecule has 12 amide bonds. The van der Waals surface area contributed by atoms with Gasteiger partial charge in [-0.1, -0.05) is 85.8 Å². The van der Waals surface area contributed by atoms with E-state index >= 15 is 28.8 Å². The number of fused-ring (bicyclic) bond motifs is 3. The van der Waals surface area contributed by atoms with Crippen molar-refractivity contribution in [1.82, 2.24) is 60.0 Å². The molecule has 2 saturated heterocycles. The molecule has 3 heterocycles. The Hall–Kier alpha value is -6.33. The highest BCUT2D eigenvalue weighted by Crippen LogP contribution is 2.50. The van der Waals surface area contributed by atoms with Crippen LogP contribution in [0.3, 0.4) is 0 Å². The van der Waals surface area contributed by atoms with Gasteiger partial charge >= 0.3 is 6.18 Å². The van der Waals surface area contributed by atoms with Crippen molar-refractivity contribution in [2.75, 3.05) is 96.3 Å². The first-order chi connectivity index (χ1) is 50.7. The standard InChI is InChI=1S/C77H123Cl2F3N12O14/c1-16-46(4)64-72(104)88(10)42-63(97)89(11)56-26-20-19-23-35-93(71(56)103)59(37-48-27-31-50(32-28-48)77(80,81)82)70(102)87(9)41-61(95)83-55(34-30-47-29-33-53(78)54(79)36-47)68(100)94-40-52(108-51-24-21-22-25-51)38-57(94)67(99)85-76(44-75(5,6)45-76)74(106)92(14)65(49(17-2)18-3)73(105)91(13)58(69(101)86(7)8)39-62(96)90(12)60(43-107-15)66(98)84-64/h19-20,46-60,64-65H,16-18,21-45H2,1-15H3,(H,83,95)(H,84,98)(H,85,99)/b20-19-/t46-,47?,48?,50?,52+,53?,54?,55-,56-,57-,58-,59-,60-,64-,65-/m0/s1. The van der Waals surface area contributed by atoms with Crippen LogP contribution in [0.4, 0.5) is 13.2 Å². The summed E-state index contributed by atoms with van der Waals surface area (Å²) in [7, 11) is 12.5. The van der Waals surface area contributed by atoms with Crippen molar-refractivity contribution in [2.24, 2.45) is 35.0 Å². The number of methoxy groups -OCH3 is 1. The lowest BCUT2D eigenvalue weighted by molar-refractivity contribution is -0.184. The third kappa shape index (κ3) is 21.9. The van der Waals surface area contributed by atoms with Crippen LogP contribution in [-0.4, -0.2) is 294 Å². The van der Waals surface area contributed by atoms with Crippen molar-refractivity contribution >= 4 is 94.1 Å². The Morgan fingerprint density at radius 3 is 1.87 bits per heavy atom. The van der Waals surface area contributed by atoms with E-state index in [9.17, 15) is 41.9 Å². The summed E-state index contributed by atoms with van der Waals surface area (Å²) in [6.07, 6.45) is 4.28. The molecule has 4 aliphatic carbocycles. The molecule has 13 atom stereocenters. The zero-order valence-corrected chi connectivity index (χ0v) is 67.9. The van der Waals surface area contributed by atoms with E-state index in [-0.39, 0.29) is 106 Å². The topological polar surface area (TPSA) is 289 Å². The van der Waals surface area contributed by atoms with E-state index in [4.69, 9.17) is 32.7 Å². The molecule has 31 heteroatoms. The van der Waals surface area contributed by atoms with Crippen molar-refractivity contribution in [3.8, 4) is 0 Å². The molecule has 7 rings (SSSR count). The summed E-state index contributed by atoms with van der Waals surface area (Å²) in [6.45, 7) is 9.27. The second kappa shape index (κ2) is 38.7. The number of likely N-dealkylation sites (N-methyl/N-ethyl adjacent to an activating group) is 7. The molecule has 0 aromatic heterocycles. The fourth-order valence-electron chi connectivity index (χ4n) is 17.6. The van der Waals surface area contributed by atoms with Crippen LogP contribution in [0.15, 0.2) is 12.2 Å². The Morgan fingerprint density at radius 1 is 0.657 bits per heavy atom. The number of carbonyl (C=O) groups excluding carboxylic acids is 12. The first kappa shape index (κ1) is 88.9. The minimum absolute atomic E-state index is 0.0131. The van der Waals surface area contributed by atoms with E-state index in [1.54, 1.807) is 26.0 Å². The second-order valence-corrected chi connectivity index (χ2v) is 34.2. The number of rotatable bonds is 15. The SMILES string of the molecule is CCC(CC)[C@H]1C(=O)N(C)[C@H](C(=O)N(C)C)CC(=O)N(C)[C@@H](COC)C(=O)N[C@@H]([C@@H](C)CC)C(=O)N(C)CC(=O)N(C)[C@H]2C/C=C\CCN(C2=O)[C@@H](CC2CCC(C(F)(F)F)CC2)C(=O)N(C)CC(=O)N[C@@H](CCC2CCC(Cl)C(Cl)C2)C(=O)N2C[C@H](OC3CCCC3)C[C@H]2C(=O)NC2(CC(C)(C)C2)C(=O)N1C. The van der Waals surface area contributed by atoms with E-state index < -0.39 is 192 Å². The predicted octanol–water partition coefficient (Wildman–Crippen LogP) is 6.51. The minimum atomic E-state index is -4.45. The van der Waals surface area contributed by atoms with Gasteiger partial charge in [0.05, 0.1) is 49.6 Å². The van der Waals surface area contributed by atoms with Gasteiger partial charge < -0.3 is 69.5 Å². The predicted molar refractivity (Wildman–Crippen MR) is 401 cm³/mol. The van der Waals surface area contributed by atoms with Crippen LogP contribution < -0.4 is 16.0 Å². The van der Waals surface area contributed by atoms with Crippen molar-refractivity contribution in [3.63, 3.8) is 0 Å². The molecule has 6 fully saturated rings. The molecule has 26 nitrogen and oxygen atoms in total. The van der Waals surface area contributed by atoms with Crippen LogP contribution in [0.5, 0.6) is 0 Å². The summed E-state index contributed by atoms with van der Waals surface area (Å²) < 4.78 is 54.7. The van der Waals surface area contributed by atoms with Gasteiger partial charge in [0.25, 0.3) is 0 Å². The highest BCUT2D eigenvalue weighted by Gasteiger charge is 2.59. The summed E-state index contributed by atoms with van der Waals surface area (Å²) in [5.74, 6) is -11.7. The number of carbonyl (C=O) groups is 12. The lowest BCUT2D eigenvalue weighted by Crippen LogP contribution is -2.71. The number of halogens is 5. The third-order valence-corrected chi connectivity index (χ3v) is 25.5. The Kier molecular flexibility index (Phi) is 31.9. The molecule has 1 spiro atoms. The molecule has 108 heavy (non-hydrogen) atoms. The molecule has 4 saturated carbocycles. The zero-order chi connectivity index (χ0) is 80.2. The number of alkyl halides is 5. The van der Waals surface area contributed by atoms with Crippen molar-refractivity contribution < 1.29 is 80.2 Å². The van der Waals surface area contributed by atoms with Crippen LogP contribution >= 0.6 is 23.2 Å². The molecule has 2 bridgehead atoms. The maximum absolute atomic E-state index is 15.9. The molecule has 3 unspecified atom stereocenters. The molecular formula is C77H123Cl2F3N12O14. The van der Waals surface area contributed by atoms with E-state index in [0.29, 0.717) is 44.9 Å². The smallest absolute Gasteiger partial charge is 0.382 e. The first-order valence-electron chi connectivity index (χ1n) is 39.2. The largest absolute Gasteiger partial charge is 0.391 e. The lowest BCUT2D eigenvalue weighted by Gasteiger charge is -2.54. The fraction of sp³-hybridized carbons (Fsp3) is 0.818. The van der Waals surface area contributed by atoms with E-state index in [1.807, 2.05) is 27.7 Å². The molecular weight excluding hydrogens is 1440 g/mol. The number of ether oxygens (including phenoxy) is 2. The summed E-state index contributed by atoms with van der Waals surface area (Å²) >= 11 is 13.4. The summed E-state index contributed by atoms with van der Waals surface area (Å²) in [6, 6.07) is -10.8. The number of amides is 12. The van der Waals surface area contributed by atoms with Crippen LogP contribution in [0.2, 0.25) is 0 Å². The van der Waals surface area contributed by atoms with Crippen LogP contribution in [-0.2, 0) is 67.0 Å². The zero-order valence-electron chi connectivity index (χ0n) is 66.4. The summed E-state index contributed by atoms with van der Waals surface area (Å²) in [4.78, 5) is 193. The van der Waals surface area contributed by atoms with Gasteiger partial charge in [-0.05, 0) is 132 Å². The van der Waals surface area contributed by atoms with Gasteiger partial charge in [-0.2, -0.15) is 13.2 Å². The van der Waals surface area contributed by atoms with Crippen LogP contribution in [0.25, 0.3) is 0 Å². The van der Waals surface area contributed by atoms with Gasteiger partial charge in [-0.15, -0.1) is 23.2 Å². The summed E-state index contributed by atoms with van der Waals surface area (Å²) in [5, 5.41) is 8.21. The van der Waals surface area contributed by atoms with E-state index in [2.05, 4.69) is 16.0 Å². The highest BCUT2D eigenvalue weighted by atomic mass is 35.5. The number of nitrogens with zero attached hydrogens (tertiary/aromatic N) is 9.